The summed E-state index contributed by atoms with van der Waals surface area (Å²) in [5.74, 6) is 2.46. The Kier molecular flexibility index (Phi) is 5.07. The van der Waals surface area contributed by atoms with Gasteiger partial charge in [-0.05, 0) is 37.8 Å². The predicted octanol–water partition coefficient (Wildman–Crippen LogP) is 2.21. The maximum atomic E-state index is 3.38. The van der Waals surface area contributed by atoms with Gasteiger partial charge < -0.3 is 10.2 Å². The van der Waals surface area contributed by atoms with Crippen molar-refractivity contribution in [2.75, 3.05) is 26.7 Å². The van der Waals surface area contributed by atoms with Gasteiger partial charge in [0.05, 0.1) is 0 Å². The van der Waals surface area contributed by atoms with E-state index in [1.54, 1.807) is 0 Å². The van der Waals surface area contributed by atoms with E-state index in [4.69, 9.17) is 0 Å². The molecule has 2 heteroatoms. The van der Waals surface area contributed by atoms with Crippen LogP contribution in [0.3, 0.4) is 0 Å². The predicted molar refractivity (Wildman–Crippen MR) is 67.1 cm³/mol. The van der Waals surface area contributed by atoms with E-state index in [1.165, 1.54) is 26.1 Å². The number of nitrogens with zero attached hydrogens (tertiary/aromatic N) is 1. The van der Waals surface area contributed by atoms with Gasteiger partial charge in [-0.15, -0.1) is 0 Å². The average Bonchev–Trinajstić information content (AvgIpc) is 2.60. The number of likely N-dealkylation sites (tertiary alicyclic amines) is 1. The van der Waals surface area contributed by atoms with Gasteiger partial charge in [0.25, 0.3) is 0 Å². The van der Waals surface area contributed by atoms with Gasteiger partial charge in [-0.25, -0.2) is 0 Å². The zero-order valence-corrected chi connectivity index (χ0v) is 11.1. The third kappa shape index (κ3) is 3.76. The van der Waals surface area contributed by atoms with Gasteiger partial charge in [0.15, 0.2) is 0 Å². The molecule has 2 nitrogen and oxygen atoms in total. The molecule has 1 N–H and O–H groups in total. The van der Waals surface area contributed by atoms with Crippen molar-refractivity contribution in [1.82, 2.24) is 10.2 Å². The zero-order valence-electron chi connectivity index (χ0n) is 11.1. The molecule has 1 aliphatic heterocycles. The van der Waals surface area contributed by atoms with Gasteiger partial charge in [-0.1, -0.05) is 27.7 Å². The van der Waals surface area contributed by atoms with Crippen LogP contribution in [-0.2, 0) is 0 Å². The summed E-state index contributed by atoms with van der Waals surface area (Å²) in [6, 6.07) is 0.727. The first-order chi connectivity index (χ1) is 7.04. The van der Waals surface area contributed by atoms with E-state index in [2.05, 4.69) is 45.0 Å². The maximum absolute atomic E-state index is 3.38. The Hall–Kier alpha value is -0.0800. The summed E-state index contributed by atoms with van der Waals surface area (Å²) in [7, 11) is 2.08. The first kappa shape index (κ1) is 13.0. The van der Waals surface area contributed by atoms with E-state index in [-0.39, 0.29) is 0 Å². The van der Waals surface area contributed by atoms with Crippen molar-refractivity contribution < 1.29 is 0 Å². The first-order valence-corrected chi connectivity index (χ1v) is 6.44. The summed E-state index contributed by atoms with van der Waals surface area (Å²) in [4.78, 5) is 2.63. The van der Waals surface area contributed by atoms with Crippen molar-refractivity contribution in [2.45, 2.75) is 40.2 Å². The summed E-state index contributed by atoms with van der Waals surface area (Å²) in [5.41, 5.74) is 0. The van der Waals surface area contributed by atoms with Crippen LogP contribution < -0.4 is 5.32 Å². The Morgan fingerprint density at radius 1 is 1.20 bits per heavy atom. The Bertz CT molecular complexity index is 169. The van der Waals surface area contributed by atoms with E-state index < -0.39 is 0 Å². The minimum absolute atomic E-state index is 0.727. The van der Waals surface area contributed by atoms with Crippen molar-refractivity contribution in [2.24, 2.45) is 17.8 Å². The second-order valence-corrected chi connectivity index (χ2v) is 5.69. The highest BCUT2D eigenvalue weighted by Crippen LogP contribution is 2.23. The summed E-state index contributed by atoms with van der Waals surface area (Å²) in [6.45, 7) is 13.2. The molecular weight excluding hydrogens is 184 g/mol. The average molecular weight is 212 g/mol. The normalized spacial score (nSPS) is 23.6. The van der Waals surface area contributed by atoms with Crippen LogP contribution in [0, 0.1) is 17.8 Å². The molecule has 0 amide bonds. The van der Waals surface area contributed by atoms with Crippen molar-refractivity contribution in [3.8, 4) is 0 Å². The smallest absolute Gasteiger partial charge is 0.0204 e. The fourth-order valence-electron chi connectivity index (χ4n) is 2.72. The molecule has 90 valence electrons. The summed E-state index contributed by atoms with van der Waals surface area (Å²) >= 11 is 0. The largest absolute Gasteiger partial charge is 0.316 e. The number of rotatable bonds is 5. The molecule has 0 aliphatic carbocycles. The highest BCUT2D eigenvalue weighted by molar-refractivity contribution is 4.82. The van der Waals surface area contributed by atoms with Crippen molar-refractivity contribution in [1.29, 1.82) is 0 Å². The third-order valence-corrected chi connectivity index (χ3v) is 3.86. The van der Waals surface area contributed by atoms with Gasteiger partial charge in [0, 0.05) is 19.1 Å². The van der Waals surface area contributed by atoms with Crippen LogP contribution in [0.15, 0.2) is 0 Å². The van der Waals surface area contributed by atoms with Crippen LogP contribution in [0.25, 0.3) is 0 Å². The number of hydrogen-bond acceptors (Lipinski definition) is 2. The van der Waals surface area contributed by atoms with E-state index in [0.29, 0.717) is 0 Å². The molecule has 0 aromatic heterocycles. The molecule has 1 heterocycles. The quantitative estimate of drug-likeness (QED) is 0.751. The lowest BCUT2D eigenvalue weighted by Gasteiger charge is -2.29. The van der Waals surface area contributed by atoms with Gasteiger partial charge in [0.2, 0.25) is 0 Å². The summed E-state index contributed by atoms with van der Waals surface area (Å²) in [5, 5.41) is 3.38. The fraction of sp³-hybridized carbons (Fsp3) is 1.00. The van der Waals surface area contributed by atoms with Crippen molar-refractivity contribution in [3.05, 3.63) is 0 Å². The fourth-order valence-corrected chi connectivity index (χ4v) is 2.72. The maximum Gasteiger partial charge on any atom is 0.0204 e. The molecule has 0 aromatic carbocycles. The van der Waals surface area contributed by atoms with Crippen molar-refractivity contribution in [3.63, 3.8) is 0 Å². The van der Waals surface area contributed by atoms with E-state index in [0.717, 1.165) is 23.8 Å². The highest BCUT2D eigenvalue weighted by Gasteiger charge is 2.26. The van der Waals surface area contributed by atoms with E-state index in [1.807, 2.05) is 0 Å². The molecular formula is C13H28N2. The molecule has 15 heavy (non-hydrogen) atoms. The summed E-state index contributed by atoms with van der Waals surface area (Å²) < 4.78 is 0. The van der Waals surface area contributed by atoms with Gasteiger partial charge >= 0.3 is 0 Å². The topological polar surface area (TPSA) is 15.3 Å². The molecule has 0 bridgehead atoms. The van der Waals surface area contributed by atoms with Gasteiger partial charge in [0.1, 0.15) is 0 Å². The molecule has 1 rings (SSSR count). The van der Waals surface area contributed by atoms with E-state index in [9.17, 15) is 0 Å². The first-order valence-electron chi connectivity index (χ1n) is 6.44. The molecule has 0 spiro atoms. The molecule has 0 saturated carbocycles. The third-order valence-electron chi connectivity index (χ3n) is 3.86. The molecule has 1 saturated heterocycles. The van der Waals surface area contributed by atoms with Crippen LogP contribution in [0.2, 0.25) is 0 Å². The Morgan fingerprint density at radius 2 is 1.80 bits per heavy atom. The van der Waals surface area contributed by atoms with Crippen molar-refractivity contribution >= 4 is 0 Å². The lowest BCUT2D eigenvalue weighted by atomic mass is 9.85. The Morgan fingerprint density at radius 3 is 2.20 bits per heavy atom. The zero-order chi connectivity index (χ0) is 11.4. The van der Waals surface area contributed by atoms with Crippen LogP contribution in [0.5, 0.6) is 0 Å². The van der Waals surface area contributed by atoms with Crippen LogP contribution in [0.1, 0.15) is 34.1 Å². The molecule has 1 atom stereocenters. The molecule has 1 aliphatic rings. The lowest BCUT2D eigenvalue weighted by molar-refractivity contribution is 0.188. The van der Waals surface area contributed by atoms with Crippen LogP contribution >= 0.6 is 0 Å². The molecule has 1 unspecified atom stereocenters. The van der Waals surface area contributed by atoms with Gasteiger partial charge in [-0.2, -0.15) is 0 Å². The van der Waals surface area contributed by atoms with Gasteiger partial charge in [-0.3, -0.25) is 0 Å². The standard InChI is InChI=1S/C13H28N2/c1-10(2)13(11(3)4)9-15-7-6-12(8-15)14-5/h10-14H,6-9H2,1-5H3. The lowest BCUT2D eigenvalue weighted by Crippen LogP contribution is -2.35. The minimum Gasteiger partial charge on any atom is -0.316 e. The second kappa shape index (κ2) is 5.86. The molecule has 0 radical (unpaired) electrons. The Balaban J connectivity index is 2.39. The number of likely N-dealkylation sites (N-methyl/N-ethyl adjacent to an activating group) is 1. The van der Waals surface area contributed by atoms with Crippen LogP contribution in [0.4, 0.5) is 0 Å². The summed E-state index contributed by atoms with van der Waals surface area (Å²) in [6.07, 6.45) is 1.32. The molecule has 1 fully saturated rings. The highest BCUT2D eigenvalue weighted by atomic mass is 15.2. The van der Waals surface area contributed by atoms with E-state index >= 15 is 0 Å². The van der Waals surface area contributed by atoms with Crippen LogP contribution in [-0.4, -0.2) is 37.6 Å². The number of nitrogens with one attached hydrogen (secondary N) is 1. The monoisotopic (exact) mass is 212 g/mol. The second-order valence-electron chi connectivity index (χ2n) is 5.69. The SMILES string of the molecule is CNC1CCN(CC(C(C)C)C(C)C)C1. The Labute approximate surface area is 95.4 Å². The number of hydrogen-bond donors (Lipinski definition) is 1. The minimum atomic E-state index is 0.727. The molecule has 0 aromatic rings.